The molecule has 1 N–H and O–H groups in total. The summed E-state index contributed by atoms with van der Waals surface area (Å²) in [4.78, 5) is 3.84. The van der Waals surface area contributed by atoms with Crippen LogP contribution in [0, 0.1) is 6.92 Å². The molecule has 0 atom stereocenters. The number of alkyl halides is 4. The highest BCUT2D eigenvalue weighted by molar-refractivity contribution is 5.46. The molecule has 2 rings (SSSR count). The summed E-state index contributed by atoms with van der Waals surface area (Å²) in [5.41, 5.74) is 1.16. The number of aromatic nitrogens is 4. The summed E-state index contributed by atoms with van der Waals surface area (Å²) in [6.45, 7) is -0.116. The molecule has 10 heteroatoms. The highest BCUT2D eigenvalue weighted by atomic mass is 19.3. The quantitative estimate of drug-likeness (QED) is 0.826. The molecule has 2 aromatic heterocycles. The van der Waals surface area contributed by atoms with E-state index in [0.29, 0.717) is 5.69 Å². The van der Waals surface area contributed by atoms with Gasteiger partial charge in [-0.15, -0.1) is 0 Å². The van der Waals surface area contributed by atoms with Crippen molar-refractivity contribution in [2.45, 2.75) is 25.9 Å². The van der Waals surface area contributed by atoms with Crippen LogP contribution in [-0.4, -0.2) is 39.3 Å². The van der Waals surface area contributed by atoms with E-state index in [9.17, 15) is 17.6 Å². The zero-order chi connectivity index (χ0) is 14.8. The first-order chi connectivity index (χ1) is 9.38. The van der Waals surface area contributed by atoms with Crippen LogP contribution in [0.25, 0.3) is 11.6 Å². The molecule has 20 heavy (non-hydrogen) atoms. The predicted molar refractivity (Wildman–Crippen MR) is 57.2 cm³/mol. The van der Waals surface area contributed by atoms with Crippen LogP contribution in [0.1, 0.15) is 11.5 Å². The molecule has 6 nitrogen and oxygen atoms in total. The minimum Gasteiger partial charge on any atom is -0.367 e. The summed E-state index contributed by atoms with van der Waals surface area (Å²) in [7, 11) is 0. The SMILES string of the molecule is Cc1cc(-c2nc(COCC(F)(F)C(F)F)no2)n[nH]1. The molecule has 0 spiro atoms. The van der Waals surface area contributed by atoms with Gasteiger partial charge in [0.1, 0.15) is 13.2 Å². The number of nitrogens with one attached hydrogen (secondary N) is 1. The largest absolute Gasteiger partial charge is 0.367 e. The molecule has 0 unspecified atom stereocenters. The summed E-state index contributed by atoms with van der Waals surface area (Å²) in [5.74, 6) is -4.16. The first kappa shape index (κ1) is 14.4. The van der Waals surface area contributed by atoms with Crippen LogP contribution in [0.5, 0.6) is 0 Å². The first-order valence-electron chi connectivity index (χ1n) is 5.47. The Kier molecular flexibility index (Phi) is 4.02. The van der Waals surface area contributed by atoms with Crippen LogP contribution in [0.4, 0.5) is 17.6 Å². The third-order valence-electron chi connectivity index (χ3n) is 2.24. The highest BCUT2D eigenvalue weighted by Crippen LogP contribution is 2.23. The van der Waals surface area contributed by atoms with Crippen LogP contribution >= 0.6 is 0 Å². The molecule has 0 bridgehead atoms. The van der Waals surface area contributed by atoms with Gasteiger partial charge in [-0.2, -0.15) is 18.9 Å². The number of hydrogen-bond donors (Lipinski definition) is 1. The Bertz CT molecular complexity index is 569. The lowest BCUT2D eigenvalue weighted by Gasteiger charge is -2.14. The summed E-state index contributed by atoms with van der Waals surface area (Å²) >= 11 is 0. The van der Waals surface area contributed by atoms with Crippen molar-refractivity contribution < 1.29 is 26.8 Å². The molecule has 0 fully saturated rings. The molecule has 110 valence electrons. The van der Waals surface area contributed by atoms with Gasteiger partial charge >= 0.3 is 12.3 Å². The number of rotatable bonds is 6. The van der Waals surface area contributed by atoms with Crippen molar-refractivity contribution in [1.29, 1.82) is 0 Å². The standard InChI is InChI=1S/C10H10F4N4O2/c1-5-2-6(17-16-5)8-15-7(18-20-8)3-19-4-10(13,14)9(11)12/h2,9H,3-4H2,1H3,(H,16,17). The second-order valence-electron chi connectivity index (χ2n) is 4.01. The van der Waals surface area contributed by atoms with Gasteiger partial charge in [0, 0.05) is 5.69 Å². The molecule has 0 aromatic carbocycles. The fourth-order valence-electron chi connectivity index (χ4n) is 1.29. The fraction of sp³-hybridized carbons (Fsp3) is 0.500. The normalized spacial score (nSPS) is 12.3. The van der Waals surface area contributed by atoms with Gasteiger partial charge < -0.3 is 9.26 Å². The monoisotopic (exact) mass is 294 g/mol. The number of aryl methyl sites for hydroxylation is 1. The zero-order valence-corrected chi connectivity index (χ0v) is 10.2. The fourth-order valence-corrected chi connectivity index (χ4v) is 1.29. The van der Waals surface area contributed by atoms with E-state index < -0.39 is 25.6 Å². The van der Waals surface area contributed by atoms with Crippen molar-refractivity contribution in [3.05, 3.63) is 17.6 Å². The topological polar surface area (TPSA) is 76.8 Å². The second kappa shape index (κ2) is 5.57. The maximum atomic E-state index is 12.6. The molecular weight excluding hydrogens is 284 g/mol. The van der Waals surface area contributed by atoms with Crippen molar-refractivity contribution in [2.75, 3.05) is 6.61 Å². The number of hydrogen-bond acceptors (Lipinski definition) is 5. The van der Waals surface area contributed by atoms with Crippen molar-refractivity contribution in [1.82, 2.24) is 20.3 Å². The molecule has 0 aliphatic rings. The lowest BCUT2D eigenvalue weighted by atomic mass is 10.4. The molecular formula is C10H10F4N4O2. The van der Waals surface area contributed by atoms with E-state index >= 15 is 0 Å². The lowest BCUT2D eigenvalue weighted by molar-refractivity contribution is -0.168. The minimum atomic E-state index is -4.20. The zero-order valence-electron chi connectivity index (χ0n) is 10.2. The number of ether oxygens (including phenoxy) is 1. The molecule has 2 aromatic rings. The lowest BCUT2D eigenvalue weighted by Crippen LogP contribution is -2.32. The van der Waals surface area contributed by atoms with Crippen LogP contribution in [0.3, 0.4) is 0 Å². The van der Waals surface area contributed by atoms with E-state index in [4.69, 9.17) is 4.52 Å². The summed E-state index contributed by atoms with van der Waals surface area (Å²) in [5, 5.41) is 9.99. The number of nitrogens with zero attached hydrogens (tertiary/aromatic N) is 3. The Morgan fingerprint density at radius 2 is 2.20 bits per heavy atom. The van der Waals surface area contributed by atoms with E-state index in [1.54, 1.807) is 13.0 Å². The molecule has 2 heterocycles. The van der Waals surface area contributed by atoms with Gasteiger partial charge in [-0.3, -0.25) is 5.10 Å². The Hall–Kier alpha value is -1.97. The Labute approximate surface area is 110 Å². The van der Waals surface area contributed by atoms with Crippen LogP contribution < -0.4 is 0 Å². The van der Waals surface area contributed by atoms with Crippen LogP contribution in [-0.2, 0) is 11.3 Å². The third kappa shape index (κ3) is 3.32. The minimum absolute atomic E-state index is 0.0364. The highest BCUT2D eigenvalue weighted by Gasteiger charge is 2.41. The van der Waals surface area contributed by atoms with Crippen molar-refractivity contribution in [3.8, 4) is 11.6 Å². The average molecular weight is 294 g/mol. The van der Waals surface area contributed by atoms with Gasteiger partial charge in [0.05, 0.1) is 0 Å². The van der Waals surface area contributed by atoms with Crippen molar-refractivity contribution in [3.63, 3.8) is 0 Å². The molecule has 0 saturated heterocycles. The van der Waals surface area contributed by atoms with Gasteiger partial charge in [0.15, 0.2) is 11.5 Å². The van der Waals surface area contributed by atoms with Gasteiger partial charge in [0.25, 0.3) is 5.89 Å². The molecule has 0 radical (unpaired) electrons. The van der Waals surface area contributed by atoms with Gasteiger partial charge in [-0.1, -0.05) is 5.16 Å². The van der Waals surface area contributed by atoms with Crippen LogP contribution in [0.15, 0.2) is 10.6 Å². The average Bonchev–Trinajstić information content (AvgIpc) is 2.97. The van der Waals surface area contributed by atoms with E-state index in [0.717, 1.165) is 5.69 Å². The van der Waals surface area contributed by atoms with E-state index in [2.05, 4.69) is 25.1 Å². The van der Waals surface area contributed by atoms with E-state index in [1.165, 1.54) is 0 Å². The van der Waals surface area contributed by atoms with E-state index in [1.807, 2.05) is 0 Å². The summed E-state index contributed by atoms with van der Waals surface area (Å²) in [6.07, 6.45) is -3.78. The smallest absolute Gasteiger partial charge is 0.330 e. The van der Waals surface area contributed by atoms with Crippen LogP contribution in [0.2, 0.25) is 0 Å². The number of halogens is 4. The molecule has 0 aliphatic carbocycles. The number of aromatic amines is 1. The first-order valence-corrected chi connectivity index (χ1v) is 5.47. The molecule has 0 amide bonds. The van der Waals surface area contributed by atoms with Crippen molar-refractivity contribution >= 4 is 0 Å². The Morgan fingerprint density at radius 1 is 1.45 bits per heavy atom. The van der Waals surface area contributed by atoms with E-state index in [-0.39, 0.29) is 11.7 Å². The van der Waals surface area contributed by atoms with Gasteiger partial charge in [0.2, 0.25) is 0 Å². The molecule has 0 saturated carbocycles. The Morgan fingerprint density at radius 3 is 2.80 bits per heavy atom. The molecule has 0 aliphatic heterocycles. The number of H-pyrrole nitrogens is 1. The second-order valence-corrected chi connectivity index (χ2v) is 4.01. The maximum absolute atomic E-state index is 12.6. The van der Waals surface area contributed by atoms with Gasteiger partial charge in [-0.25, -0.2) is 8.78 Å². The summed E-state index contributed by atoms with van der Waals surface area (Å²) < 4.78 is 58.2. The third-order valence-corrected chi connectivity index (χ3v) is 2.24. The van der Waals surface area contributed by atoms with Crippen molar-refractivity contribution in [2.24, 2.45) is 0 Å². The summed E-state index contributed by atoms with van der Waals surface area (Å²) in [6, 6.07) is 1.64. The van der Waals surface area contributed by atoms with Gasteiger partial charge in [-0.05, 0) is 13.0 Å². The Balaban J connectivity index is 1.91. The predicted octanol–water partition coefficient (Wildman–Crippen LogP) is 2.19. The maximum Gasteiger partial charge on any atom is 0.330 e.